The van der Waals surface area contributed by atoms with Gasteiger partial charge in [-0.3, -0.25) is 4.57 Å². The van der Waals surface area contributed by atoms with Crippen LogP contribution < -0.4 is 64.0 Å². The van der Waals surface area contributed by atoms with Crippen molar-refractivity contribution in [3.63, 3.8) is 0 Å². The number of phosphoric acid groups is 1. The van der Waals surface area contributed by atoms with Crippen molar-refractivity contribution in [2.75, 3.05) is 5.75 Å². The molecule has 0 atom stereocenters. The quantitative estimate of drug-likeness (QED) is 0.181. The molecule has 0 amide bonds. The zero-order valence-corrected chi connectivity index (χ0v) is 18.9. The minimum Gasteiger partial charge on any atom is -0.756 e. The fraction of sp³-hybridized carbons (Fsp3) is 1.00. The average Bonchev–Trinajstić information content (AvgIpc) is 2.18. The fourth-order valence-corrected chi connectivity index (χ4v) is 1.97. The molecule has 0 heterocycles. The minimum absolute atomic E-state index is 0. The summed E-state index contributed by atoms with van der Waals surface area (Å²) in [5.74, 6) is -0.193. The van der Waals surface area contributed by atoms with E-state index < -0.39 is 17.9 Å². The van der Waals surface area contributed by atoms with Crippen LogP contribution in [0.3, 0.4) is 0 Å². The van der Waals surface area contributed by atoms with Crippen molar-refractivity contribution in [2.45, 2.75) is 58.3 Å². The minimum atomic E-state index is -4.89. The van der Waals surface area contributed by atoms with Crippen molar-refractivity contribution < 1.29 is 91.3 Å². The van der Waals surface area contributed by atoms with Crippen LogP contribution >= 0.6 is 7.82 Å². The molecule has 0 aliphatic heterocycles. The number of rotatable bonds is 9. The molecule has 0 aliphatic carbocycles. The Balaban J connectivity index is -0.000000179. The van der Waals surface area contributed by atoms with E-state index in [0.717, 1.165) is 12.8 Å². The zero-order valence-electron chi connectivity index (χ0n) is 13.2. The van der Waals surface area contributed by atoms with Crippen LogP contribution in [0.5, 0.6) is 0 Å². The van der Waals surface area contributed by atoms with E-state index >= 15 is 0 Å². The van der Waals surface area contributed by atoms with Gasteiger partial charge in [-0.15, -0.1) is 0 Å². The van der Waals surface area contributed by atoms with Gasteiger partial charge < -0.3 is 19.2 Å². The molecular formula is C10H23Na2O7PS. The molecule has 0 bridgehead atoms. The third-order valence-corrected chi connectivity index (χ3v) is 3.04. The molecule has 2 N–H and O–H groups in total. The van der Waals surface area contributed by atoms with Crippen LogP contribution in [-0.4, -0.2) is 28.5 Å². The Morgan fingerprint density at radius 1 is 0.905 bits per heavy atom. The summed E-state index contributed by atoms with van der Waals surface area (Å²) in [5.41, 5.74) is 0. The van der Waals surface area contributed by atoms with E-state index in [1.165, 1.54) is 32.1 Å². The van der Waals surface area contributed by atoms with E-state index in [-0.39, 0.29) is 64.9 Å². The predicted molar refractivity (Wildman–Crippen MR) is 69.2 cm³/mol. The van der Waals surface area contributed by atoms with E-state index in [1.54, 1.807) is 0 Å². The third kappa shape index (κ3) is 52.1. The molecule has 0 aromatic heterocycles. The Bertz CT molecular complexity index is 337. The summed E-state index contributed by atoms with van der Waals surface area (Å²) in [6.45, 7) is 2.18. The standard InChI is InChI=1S/C10H22O3S.2Na.H3O4P/c1-2-3-4-5-6-7-8-9-10-14(11,12)13;;;1-5(2,3)4/h2-10H2,1H3,(H,11,12,13);;;(H3,1,2,3,4)/q;2*+1;/p-2. The van der Waals surface area contributed by atoms with Crippen LogP contribution in [0.4, 0.5) is 0 Å². The maximum atomic E-state index is 10.2. The first kappa shape index (κ1) is 30.9. The normalized spacial score (nSPS) is 10.7. The molecule has 0 unspecified atom stereocenters. The van der Waals surface area contributed by atoms with E-state index in [1.807, 2.05) is 0 Å². The number of unbranched alkanes of at least 4 members (excludes halogenated alkanes) is 7. The van der Waals surface area contributed by atoms with Gasteiger partial charge in [0.05, 0.1) is 10.1 Å². The van der Waals surface area contributed by atoms with Gasteiger partial charge in [-0.25, -0.2) is 8.42 Å². The first-order valence-electron chi connectivity index (χ1n) is 6.26. The molecule has 0 aromatic rings. The number of hydrogen-bond donors (Lipinski definition) is 2. The van der Waals surface area contributed by atoms with Gasteiger partial charge in [0.1, 0.15) is 0 Å². The van der Waals surface area contributed by atoms with Crippen LogP contribution in [0.25, 0.3) is 0 Å². The molecule has 118 valence electrons. The Morgan fingerprint density at radius 2 is 1.19 bits per heavy atom. The predicted octanol–water partition coefficient (Wildman–Crippen LogP) is -4.88. The van der Waals surface area contributed by atoms with Gasteiger partial charge in [0.15, 0.2) is 0 Å². The SMILES string of the molecule is CCCCCCCCCCS(=O)(=O)[O-].O=P([O-])(O)O.[Na+].[Na+]. The molecule has 21 heavy (non-hydrogen) atoms. The third-order valence-electron chi connectivity index (χ3n) is 2.25. The van der Waals surface area contributed by atoms with Crippen molar-refractivity contribution in [3.05, 3.63) is 0 Å². The Morgan fingerprint density at radius 3 is 1.48 bits per heavy atom. The smallest absolute Gasteiger partial charge is 0.756 e. The molecule has 0 saturated heterocycles. The van der Waals surface area contributed by atoms with Gasteiger partial charge in [0.2, 0.25) is 0 Å². The van der Waals surface area contributed by atoms with Crippen LogP contribution in [0.15, 0.2) is 0 Å². The summed E-state index contributed by atoms with van der Waals surface area (Å²) in [6.07, 6.45) is 8.66. The molecule has 0 radical (unpaired) electrons. The van der Waals surface area contributed by atoms with Gasteiger partial charge >= 0.3 is 59.1 Å². The maximum Gasteiger partial charge on any atom is 1.00 e. The topological polar surface area (TPSA) is 138 Å². The summed E-state index contributed by atoms with van der Waals surface area (Å²) in [7, 11) is -8.86. The fourth-order valence-electron chi connectivity index (χ4n) is 1.41. The summed E-state index contributed by atoms with van der Waals surface area (Å²) in [4.78, 5) is 22.9. The number of hydrogen-bond acceptors (Lipinski definition) is 5. The van der Waals surface area contributed by atoms with Gasteiger partial charge in [0, 0.05) is 5.75 Å². The van der Waals surface area contributed by atoms with Gasteiger partial charge in [0.25, 0.3) is 7.82 Å². The Labute approximate surface area is 171 Å². The van der Waals surface area contributed by atoms with Crippen molar-refractivity contribution in [1.82, 2.24) is 0 Å². The second kappa shape index (κ2) is 18.4. The van der Waals surface area contributed by atoms with E-state index in [0.29, 0.717) is 6.42 Å². The van der Waals surface area contributed by atoms with Crippen molar-refractivity contribution >= 4 is 17.9 Å². The summed E-state index contributed by atoms with van der Waals surface area (Å²) >= 11 is 0. The molecule has 0 spiro atoms. The largest absolute Gasteiger partial charge is 1.00 e. The second-order valence-corrected chi connectivity index (χ2v) is 6.73. The molecule has 0 saturated carbocycles. The molecule has 0 fully saturated rings. The first-order valence-corrected chi connectivity index (χ1v) is 9.37. The Hall–Kier alpha value is 2.02. The monoisotopic (exact) mass is 364 g/mol. The molecular weight excluding hydrogens is 341 g/mol. The maximum absolute atomic E-state index is 10.2. The van der Waals surface area contributed by atoms with Crippen LogP contribution in [0, 0.1) is 0 Å². The summed E-state index contributed by atoms with van der Waals surface area (Å²) < 4.78 is 39.5. The molecule has 0 aliphatic rings. The second-order valence-electron chi connectivity index (χ2n) is 4.23. The molecule has 0 aromatic carbocycles. The van der Waals surface area contributed by atoms with Crippen molar-refractivity contribution in [2.24, 2.45) is 0 Å². The van der Waals surface area contributed by atoms with E-state index in [4.69, 9.17) is 19.2 Å². The van der Waals surface area contributed by atoms with Gasteiger partial charge in [-0.2, -0.15) is 0 Å². The average molecular weight is 364 g/mol. The van der Waals surface area contributed by atoms with Crippen molar-refractivity contribution in [1.29, 1.82) is 0 Å². The Kier molecular flexibility index (Phi) is 27.0. The first-order chi connectivity index (χ1) is 8.56. The molecule has 7 nitrogen and oxygen atoms in total. The zero-order chi connectivity index (χ0) is 15.4. The van der Waals surface area contributed by atoms with Gasteiger partial charge in [-0.05, 0) is 6.42 Å². The van der Waals surface area contributed by atoms with Gasteiger partial charge in [-0.1, -0.05) is 51.9 Å². The van der Waals surface area contributed by atoms with Crippen LogP contribution in [0.2, 0.25) is 0 Å². The van der Waals surface area contributed by atoms with E-state index in [2.05, 4.69) is 6.92 Å². The summed E-state index contributed by atoms with van der Waals surface area (Å²) in [5, 5.41) is 0. The van der Waals surface area contributed by atoms with E-state index in [9.17, 15) is 13.0 Å². The van der Waals surface area contributed by atoms with Crippen LogP contribution in [0.1, 0.15) is 58.3 Å². The molecule has 11 heteroatoms. The summed E-state index contributed by atoms with van der Waals surface area (Å²) in [6, 6.07) is 0. The van der Waals surface area contributed by atoms with Crippen molar-refractivity contribution in [3.8, 4) is 0 Å². The van der Waals surface area contributed by atoms with Crippen LogP contribution in [-0.2, 0) is 14.7 Å². The molecule has 0 rings (SSSR count).